The highest BCUT2D eigenvalue weighted by molar-refractivity contribution is 7.87. The van der Waals surface area contributed by atoms with Gasteiger partial charge in [0.1, 0.15) is 11.0 Å². The number of hydrazine groups is 1. The first-order valence-electron chi connectivity index (χ1n) is 8.63. The summed E-state index contributed by atoms with van der Waals surface area (Å²) in [7, 11) is -2.10. The zero-order valence-electron chi connectivity index (χ0n) is 17.2. The van der Waals surface area contributed by atoms with Crippen molar-refractivity contribution in [1.82, 2.24) is 5.01 Å². The molecular formula is C16H16N6O10S. The summed E-state index contributed by atoms with van der Waals surface area (Å²) >= 11 is 0. The molecule has 2 aromatic carbocycles. The number of nitrogens with one attached hydrogen (secondary N) is 1. The second-order valence-corrected chi connectivity index (χ2v) is 7.86. The lowest BCUT2D eigenvalue weighted by molar-refractivity contribution is -0.695. The van der Waals surface area contributed by atoms with E-state index in [2.05, 4.69) is 15.4 Å². The van der Waals surface area contributed by atoms with Crippen molar-refractivity contribution in [2.45, 2.75) is 11.8 Å². The monoisotopic (exact) mass is 484 g/mol. The van der Waals surface area contributed by atoms with Crippen LogP contribution in [-0.2, 0) is 14.9 Å². The number of hydrogen-bond acceptors (Lipinski definition) is 11. The third kappa shape index (κ3) is 6.23. The van der Waals surface area contributed by atoms with Gasteiger partial charge in [0, 0.05) is 18.7 Å². The molecule has 0 bridgehead atoms. The SMILES string of the molecule is CC(=O)Nc1ccc(S(=O)(=O)Oc2cc(O/N=[N+](\[O-])N(C)C)c([N+](=O)[O-])cc2[N+](=O)[O-])cc1. The van der Waals surface area contributed by atoms with Gasteiger partial charge in [-0.15, -0.1) is 0 Å². The van der Waals surface area contributed by atoms with Gasteiger partial charge >= 0.3 is 21.5 Å². The van der Waals surface area contributed by atoms with Gasteiger partial charge in [-0.2, -0.15) is 13.4 Å². The summed E-state index contributed by atoms with van der Waals surface area (Å²) in [6.07, 6.45) is 0. The number of carbonyl (C=O) groups excluding carboxylic acids is 1. The molecular weight excluding hydrogens is 468 g/mol. The molecule has 0 aromatic heterocycles. The van der Waals surface area contributed by atoms with E-state index in [0.717, 1.165) is 17.1 Å². The number of nitrogens with zero attached hydrogens (tertiary/aromatic N) is 5. The average Bonchev–Trinajstić information content (AvgIpc) is 2.71. The molecule has 17 heteroatoms. The number of anilines is 1. The van der Waals surface area contributed by atoms with Crippen molar-refractivity contribution >= 4 is 33.1 Å². The zero-order valence-corrected chi connectivity index (χ0v) is 18.0. The lowest BCUT2D eigenvalue weighted by Crippen LogP contribution is -2.21. The number of carbonyl (C=O) groups is 1. The molecule has 0 radical (unpaired) electrons. The van der Waals surface area contributed by atoms with Gasteiger partial charge in [0.25, 0.3) is 0 Å². The first-order chi connectivity index (χ1) is 15.3. The van der Waals surface area contributed by atoms with Gasteiger partial charge in [0.15, 0.2) is 0 Å². The molecule has 2 aromatic rings. The Balaban J connectivity index is 2.51. The summed E-state index contributed by atoms with van der Waals surface area (Å²) in [5, 5.41) is 40.5. The maximum atomic E-state index is 12.6. The largest absolute Gasteiger partial charge is 0.569 e. The summed E-state index contributed by atoms with van der Waals surface area (Å²) < 4.78 is 30.0. The number of rotatable bonds is 9. The van der Waals surface area contributed by atoms with Crippen molar-refractivity contribution in [3.05, 3.63) is 61.8 Å². The lowest BCUT2D eigenvalue weighted by atomic mass is 10.2. The Kier molecular flexibility index (Phi) is 7.29. The minimum absolute atomic E-state index is 0.0982. The molecule has 176 valence electrons. The second-order valence-electron chi connectivity index (χ2n) is 6.32. The van der Waals surface area contributed by atoms with E-state index in [1.165, 1.54) is 33.2 Å². The molecule has 0 heterocycles. The third-order valence-corrected chi connectivity index (χ3v) is 4.90. The number of nitro groups is 2. The first kappa shape index (κ1) is 24.7. The van der Waals surface area contributed by atoms with Crippen LogP contribution in [0.2, 0.25) is 0 Å². The fourth-order valence-electron chi connectivity index (χ4n) is 2.19. The fourth-order valence-corrected chi connectivity index (χ4v) is 3.13. The topological polar surface area (TPSA) is 210 Å². The summed E-state index contributed by atoms with van der Waals surface area (Å²) in [5.74, 6) is -2.12. The van der Waals surface area contributed by atoms with Gasteiger partial charge in [0.2, 0.25) is 22.7 Å². The Labute approximate surface area is 185 Å². The maximum absolute atomic E-state index is 12.6. The molecule has 0 atom stereocenters. The average molecular weight is 484 g/mol. The van der Waals surface area contributed by atoms with Crippen LogP contribution >= 0.6 is 0 Å². The molecule has 0 saturated heterocycles. The van der Waals surface area contributed by atoms with Crippen LogP contribution in [0.3, 0.4) is 0 Å². The summed E-state index contributed by atoms with van der Waals surface area (Å²) in [5.41, 5.74) is -1.75. The van der Waals surface area contributed by atoms with Crippen LogP contribution in [0.15, 0.2) is 46.6 Å². The Hall–Kier alpha value is -4.54. The molecule has 0 spiro atoms. The van der Waals surface area contributed by atoms with Gasteiger partial charge in [-0.05, 0) is 24.3 Å². The molecule has 0 unspecified atom stereocenters. The first-order valence-corrected chi connectivity index (χ1v) is 10.0. The van der Waals surface area contributed by atoms with Gasteiger partial charge in [0.05, 0.1) is 28.9 Å². The van der Waals surface area contributed by atoms with Crippen molar-refractivity contribution < 1.29 is 37.0 Å². The van der Waals surface area contributed by atoms with E-state index in [4.69, 9.17) is 4.18 Å². The van der Waals surface area contributed by atoms with Crippen molar-refractivity contribution in [3.8, 4) is 11.5 Å². The molecule has 2 rings (SSSR count). The minimum Gasteiger partial charge on any atom is -0.569 e. The predicted molar refractivity (Wildman–Crippen MR) is 109 cm³/mol. The van der Waals surface area contributed by atoms with Crippen LogP contribution < -0.4 is 14.3 Å². The van der Waals surface area contributed by atoms with Crippen molar-refractivity contribution in [2.75, 3.05) is 19.4 Å². The highest BCUT2D eigenvalue weighted by atomic mass is 32.2. The lowest BCUT2D eigenvalue weighted by Gasteiger charge is -2.10. The molecule has 0 aliphatic heterocycles. The number of nitro benzene ring substituents is 2. The second kappa shape index (κ2) is 9.73. The van der Waals surface area contributed by atoms with E-state index in [1.807, 2.05) is 0 Å². The molecule has 0 aliphatic rings. The highest BCUT2D eigenvalue weighted by Gasteiger charge is 2.31. The molecule has 16 nitrogen and oxygen atoms in total. The minimum atomic E-state index is -4.66. The zero-order chi connectivity index (χ0) is 24.9. The summed E-state index contributed by atoms with van der Waals surface area (Å²) in [6.45, 7) is 1.25. The highest BCUT2D eigenvalue weighted by Crippen LogP contribution is 2.40. The normalized spacial score (nSPS) is 11.4. The Morgan fingerprint density at radius 2 is 1.55 bits per heavy atom. The van der Waals surface area contributed by atoms with Gasteiger partial charge in [-0.25, -0.2) is 0 Å². The standard InChI is InChI=1S/C16H16N6O10S/c1-10(23)17-11-4-6-12(7-5-11)33(29,30)32-16-9-15(31-18-22(28)19(2)3)13(20(24)25)8-14(16)21(26)27/h4-9H,1-3H3,(H,17,23)/b22-18-. The van der Waals surface area contributed by atoms with Crippen molar-refractivity contribution in [2.24, 2.45) is 5.28 Å². The number of amides is 1. The van der Waals surface area contributed by atoms with Crippen molar-refractivity contribution in [1.29, 1.82) is 0 Å². The number of benzene rings is 2. The van der Waals surface area contributed by atoms with Crippen LogP contribution in [0.4, 0.5) is 17.1 Å². The van der Waals surface area contributed by atoms with E-state index >= 15 is 0 Å². The van der Waals surface area contributed by atoms with Crippen LogP contribution in [0.25, 0.3) is 0 Å². The van der Waals surface area contributed by atoms with E-state index in [-0.39, 0.29) is 10.7 Å². The Bertz CT molecular complexity index is 1230. The predicted octanol–water partition coefficient (Wildman–Crippen LogP) is 1.96. The molecule has 1 N–H and O–H groups in total. The van der Waals surface area contributed by atoms with E-state index in [0.29, 0.717) is 12.1 Å². The summed E-state index contributed by atoms with van der Waals surface area (Å²) in [4.78, 5) is 35.7. The molecule has 33 heavy (non-hydrogen) atoms. The van der Waals surface area contributed by atoms with Crippen LogP contribution in [0.5, 0.6) is 11.5 Å². The van der Waals surface area contributed by atoms with Gasteiger partial charge in [-0.1, -0.05) is 0 Å². The number of hydrogen-bond donors (Lipinski definition) is 1. The van der Waals surface area contributed by atoms with E-state index in [1.54, 1.807) is 0 Å². The van der Waals surface area contributed by atoms with E-state index < -0.39 is 53.6 Å². The molecule has 1 amide bonds. The summed E-state index contributed by atoms with van der Waals surface area (Å²) in [6, 6.07) is 5.58. The van der Waals surface area contributed by atoms with Crippen molar-refractivity contribution in [3.63, 3.8) is 0 Å². The van der Waals surface area contributed by atoms with Gasteiger partial charge in [-0.3, -0.25) is 29.9 Å². The van der Waals surface area contributed by atoms with Crippen LogP contribution in [0.1, 0.15) is 6.92 Å². The fraction of sp³-hybridized carbons (Fsp3) is 0.188. The third-order valence-electron chi connectivity index (χ3n) is 3.65. The van der Waals surface area contributed by atoms with Gasteiger partial charge < -0.3 is 14.7 Å². The van der Waals surface area contributed by atoms with E-state index in [9.17, 15) is 38.6 Å². The maximum Gasteiger partial charge on any atom is 0.339 e. The Morgan fingerprint density at radius 3 is 2.03 bits per heavy atom. The quantitative estimate of drug-likeness (QED) is 0.179. The smallest absolute Gasteiger partial charge is 0.339 e. The molecule has 0 aliphatic carbocycles. The van der Waals surface area contributed by atoms with Crippen LogP contribution in [-0.4, -0.2) is 48.2 Å². The van der Waals surface area contributed by atoms with Crippen LogP contribution in [0, 0.1) is 25.4 Å². The molecule has 0 saturated carbocycles. The molecule has 0 fully saturated rings. The Morgan fingerprint density at radius 1 is 1.00 bits per heavy atom.